The number of aromatic nitrogens is 5. The number of nitrogen functional groups attached to an aromatic ring is 1. The van der Waals surface area contributed by atoms with Crippen molar-refractivity contribution in [3.05, 3.63) is 83.2 Å². The van der Waals surface area contributed by atoms with E-state index in [0.717, 1.165) is 5.56 Å². The summed E-state index contributed by atoms with van der Waals surface area (Å²) < 4.78 is 49.9. The van der Waals surface area contributed by atoms with E-state index in [4.69, 9.17) is 39.6 Å². The van der Waals surface area contributed by atoms with Gasteiger partial charge >= 0.3 is 17.9 Å². The third-order valence-corrected chi connectivity index (χ3v) is 7.09. The minimum Gasteiger partial charge on any atom is -0.497 e. The average molecular weight is 680 g/mol. The van der Waals surface area contributed by atoms with Crippen molar-refractivity contribution in [2.75, 3.05) is 40.8 Å². The van der Waals surface area contributed by atoms with Gasteiger partial charge in [0.15, 0.2) is 17.4 Å². The van der Waals surface area contributed by atoms with E-state index in [2.05, 4.69) is 20.1 Å². The van der Waals surface area contributed by atoms with E-state index in [9.17, 15) is 9.59 Å². The normalized spacial score (nSPS) is 11.8. The van der Waals surface area contributed by atoms with Gasteiger partial charge in [-0.1, -0.05) is 24.3 Å². The number of hydrogen-bond acceptors (Lipinski definition) is 13. The van der Waals surface area contributed by atoms with Gasteiger partial charge in [-0.25, -0.2) is 14.4 Å². The fourth-order valence-electron chi connectivity index (χ4n) is 4.64. The molecule has 16 heteroatoms. The predicted octanol–water partition coefficient (Wildman–Crippen LogP) is 3.36. The summed E-state index contributed by atoms with van der Waals surface area (Å²) in [6.45, 7) is 3.99. The Kier molecular flexibility index (Phi) is 12.2. The Morgan fingerprint density at radius 3 is 2.39 bits per heavy atom. The fourth-order valence-corrected chi connectivity index (χ4v) is 4.64. The summed E-state index contributed by atoms with van der Waals surface area (Å²) in [5, 5.41) is 12.4. The lowest BCUT2D eigenvalue weighted by molar-refractivity contribution is -0.163. The first-order chi connectivity index (χ1) is 23.4. The molecule has 0 saturated carbocycles. The summed E-state index contributed by atoms with van der Waals surface area (Å²) in [7, 11) is 2.91. The van der Waals surface area contributed by atoms with Crippen LogP contribution in [0.5, 0.6) is 17.5 Å². The number of nitrogens with two attached hydrogens (primary N) is 1. The lowest BCUT2D eigenvalue weighted by Gasteiger charge is -2.21. The van der Waals surface area contributed by atoms with Crippen molar-refractivity contribution in [2.24, 2.45) is 11.1 Å². The van der Waals surface area contributed by atoms with Crippen LogP contribution in [0, 0.1) is 16.6 Å². The number of amidine groups is 1. The minimum absolute atomic E-state index is 0.0902. The number of hydrogen-bond donors (Lipinski definition) is 2. The third kappa shape index (κ3) is 9.47. The van der Waals surface area contributed by atoms with Gasteiger partial charge in [0.05, 0.1) is 25.0 Å². The van der Waals surface area contributed by atoms with E-state index in [-0.39, 0.29) is 66.9 Å². The van der Waals surface area contributed by atoms with Gasteiger partial charge < -0.3 is 34.2 Å². The second-order valence-electron chi connectivity index (χ2n) is 11.3. The van der Waals surface area contributed by atoms with Crippen molar-refractivity contribution in [2.45, 2.75) is 33.1 Å². The first-order valence-corrected chi connectivity index (χ1v) is 15.0. The molecule has 4 rings (SSSR count). The summed E-state index contributed by atoms with van der Waals surface area (Å²) in [5.74, 6) is -2.45. The highest BCUT2D eigenvalue weighted by atomic mass is 19.1. The molecular weight excluding hydrogens is 641 g/mol. The van der Waals surface area contributed by atoms with E-state index < -0.39 is 35.9 Å². The summed E-state index contributed by atoms with van der Waals surface area (Å²) in [6, 6.07) is 11.2. The maximum Gasteiger partial charge on any atom is 0.325 e. The Morgan fingerprint density at radius 1 is 1.04 bits per heavy atom. The van der Waals surface area contributed by atoms with Crippen LogP contribution in [0.2, 0.25) is 0 Å². The van der Waals surface area contributed by atoms with E-state index in [0.29, 0.717) is 5.56 Å². The summed E-state index contributed by atoms with van der Waals surface area (Å²) >= 11 is 0. The highest BCUT2D eigenvalue weighted by Crippen LogP contribution is 2.37. The molecule has 0 aliphatic heterocycles. The number of ether oxygens (including phenoxy) is 6. The zero-order valence-electron chi connectivity index (χ0n) is 27.8. The number of methoxy groups -OCH3 is 2. The molecule has 2 heterocycles. The lowest BCUT2D eigenvalue weighted by Crippen LogP contribution is -2.32. The van der Waals surface area contributed by atoms with Crippen LogP contribution in [0.1, 0.15) is 49.2 Å². The molecule has 3 N–H and O–H groups in total. The molecule has 0 amide bonds. The van der Waals surface area contributed by atoms with Gasteiger partial charge in [-0.15, -0.1) is 9.78 Å². The predicted molar refractivity (Wildman–Crippen MR) is 172 cm³/mol. The Balaban J connectivity index is 1.78. The third-order valence-electron chi connectivity index (χ3n) is 7.09. The number of carbonyl (C=O) groups is 2. The summed E-state index contributed by atoms with van der Waals surface area (Å²) in [5.41, 5.74) is 6.07. The molecule has 0 radical (unpaired) electrons. The van der Waals surface area contributed by atoms with Crippen molar-refractivity contribution in [3.8, 4) is 23.5 Å². The standard InChI is InChI=1S/C33H38FN7O8/c1-20(42)46-13-14-47-26-17-23(45-5)16-24(27(26)34)25(15-21-7-9-22(10-8-21)28(35)36)29-39-32(41(40-29)31-37-11-6-12-38-31)49-19-48-30(43)33(2,3)18-44-4/h6-12,16-17,25H,13-15,18-19H2,1-5H3,(H3,35,36). The van der Waals surface area contributed by atoms with Crippen molar-refractivity contribution >= 4 is 17.8 Å². The molecular formula is C33H38FN7O8. The number of carbonyl (C=O) groups excluding carboxylic acids is 2. The Bertz CT molecular complexity index is 1750. The highest BCUT2D eigenvalue weighted by molar-refractivity contribution is 5.94. The summed E-state index contributed by atoms with van der Waals surface area (Å²) in [6.07, 6.45) is 3.15. The fraction of sp³-hybridized carbons (Fsp3) is 0.364. The lowest BCUT2D eigenvalue weighted by atomic mass is 9.90. The molecule has 260 valence electrons. The molecule has 0 aliphatic carbocycles. The van der Waals surface area contributed by atoms with E-state index in [1.165, 1.54) is 50.4 Å². The molecule has 0 fully saturated rings. The van der Waals surface area contributed by atoms with Crippen LogP contribution in [-0.2, 0) is 30.2 Å². The van der Waals surface area contributed by atoms with Gasteiger partial charge in [0.1, 0.15) is 24.8 Å². The zero-order valence-corrected chi connectivity index (χ0v) is 27.8. The molecule has 0 bridgehead atoms. The molecule has 15 nitrogen and oxygen atoms in total. The average Bonchev–Trinajstić information content (AvgIpc) is 3.50. The van der Waals surface area contributed by atoms with Crippen LogP contribution in [0.3, 0.4) is 0 Å². The van der Waals surface area contributed by atoms with Crippen LogP contribution >= 0.6 is 0 Å². The minimum atomic E-state index is -0.940. The van der Waals surface area contributed by atoms with Gasteiger partial charge in [-0.3, -0.25) is 15.0 Å². The number of nitrogens with one attached hydrogen (secondary N) is 1. The molecule has 0 spiro atoms. The smallest absolute Gasteiger partial charge is 0.325 e. The number of halogens is 1. The molecule has 1 atom stereocenters. The van der Waals surface area contributed by atoms with E-state index in [1.54, 1.807) is 44.2 Å². The monoisotopic (exact) mass is 679 g/mol. The van der Waals surface area contributed by atoms with Crippen LogP contribution < -0.4 is 19.9 Å². The highest BCUT2D eigenvalue weighted by Gasteiger charge is 2.31. The first-order valence-electron chi connectivity index (χ1n) is 15.0. The largest absolute Gasteiger partial charge is 0.497 e. The Morgan fingerprint density at radius 2 is 1.76 bits per heavy atom. The molecule has 0 aliphatic rings. The van der Waals surface area contributed by atoms with Gasteiger partial charge in [0.2, 0.25) is 6.79 Å². The number of nitrogens with zero attached hydrogens (tertiary/aromatic N) is 5. The molecule has 2 aromatic heterocycles. The summed E-state index contributed by atoms with van der Waals surface area (Å²) in [4.78, 5) is 37.0. The van der Waals surface area contributed by atoms with Gasteiger partial charge in [0, 0.05) is 43.6 Å². The Labute approximate surface area is 282 Å². The molecule has 0 saturated heterocycles. The van der Waals surface area contributed by atoms with Gasteiger partial charge in [0.25, 0.3) is 5.95 Å². The van der Waals surface area contributed by atoms with Crippen molar-refractivity contribution < 1.29 is 42.4 Å². The van der Waals surface area contributed by atoms with Crippen molar-refractivity contribution in [3.63, 3.8) is 0 Å². The molecule has 2 aromatic carbocycles. The first kappa shape index (κ1) is 36.2. The van der Waals surface area contributed by atoms with Crippen molar-refractivity contribution in [1.82, 2.24) is 24.7 Å². The quantitative estimate of drug-likeness (QED) is 0.0543. The van der Waals surface area contributed by atoms with E-state index in [1.807, 2.05) is 0 Å². The maximum atomic E-state index is 16.4. The second-order valence-corrected chi connectivity index (χ2v) is 11.3. The number of esters is 2. The van der Waals surface area contributed by atoms with E-state index >= 15 is 4.39 Å². The topological polar surface area (TPSA) is 196 Å². The van der Waals surface area contributed by atoms with Gasteiger partial charge in [-0.05, 0) is 38.0 Å². The zero-order chi connectivity index (χ0) is 35.6. The second kappa shape index (κ2) is 16.5. The van der Waals surface area contributed by atoms with Crippen LogP contribution in [0.15, 0.2) is 54.9 Å². The van der Waals surface area contributed by atoms with Crippen LogP contribution in [0.25, 0.3) is 5.95 Å². The van der Waals surface area contributed by atoms with Crippen molar-refractivity contribution in [1.29, 1.82) is 5.41 Å². The van der Waals surface area contributed by atoms with Gasteiger partial charge in [-0.2, -0.15) is 4.98 Å². The molecule has 4 aromatic rings. The molecule has 49 heavy (non-hydrogen) atoms. The number of benzene rings is 2. The number of rotatable bonds is 17. The SMILES string of the molecule is COCC(C)(C)C(=O)OCOc1nc(C(Cc2ccc(C(=N)N)cc2)c2cc(OC)cc(OCCOC(C)=O)c2F)nn1-c1ncccn1. The Hall–Kier alpha value is -5.64. The maximum absolute atomic E-state index is 16.4. The van der Waals surface area contributed by atoms with Crippen LogP contribution in [0.4, 0.5) is 4.39 Å². The van der Waals surface area contributed by atoms with Crippen LogP contribution in [-0.4, -0.2) is 83.3 Å². The molecule has 1 unspecified atom stereocenters.